The topological polar surface area (TPSA) is 78.3 Å². The van der Waals surface area contributed by atoms with Crippen LogP contribution in [0, 0.1) is 0 Å². The largest absolute Gasteiger partial charge is 0.494 e. The van der Waals surface area contributed by atoms with Crippen molar-refractivity contribution < 1.29 is 22.7 Å². The second kappa shape index (κ2) is 9.67. The standard InChI is InChI=1S/C25H26F3N5O2.ClH/c1-31-22-18(10-16(12-21(22)35-2)24(34)32-9-5-7-17(29)13-32)30-23(31)20-11-15-6-3-4-8-19(15)33(20)14-25(26,27)28;/h3-4,6,8,10-12,17H,5,7,9,13-14,29H2,1-2H3;1H/t17-;/m1./s1. The molecule has 0 aliphatic carbocycles. The lowest BCUT2D eigenvalue weighted by Gasteiger charge is -2.30. The van der Waals surface area contributed by atoms with Gasteiger partial charge in [-0.25, -0.2) is 4.98 Å². The Hall–Kier alpha value is -3.24. The summed E-state index contributed by atoms with van der Waals surface area (Å²) in [5.41, 5.74) is 8.32. The van der Waals surface area contributed by atoms with Gasteiger partial charge in [0, 0.05) is 42.6 Å². The molecule has 0 saturated carbocycles. The van der Waals surface area contributed by atoms with Crippen LogP contribution in [0.2, 0.25) is 0 Å². The van der Waals surface area contributed by atoms with Crippen molar-refractivity contribution in [3.05, 3.63) is 48.0 Å². The van der Waals surface area contributed by atoms with Crippen molar-refractivity contribution in [2.75, 3.05) is 20.2 Å². The summed E-state index contributed by atoms with van der Waals surface area (Å²) in [6.07, 6.45) is -2.70. The summed E-state index contributed by atoms with van der Waals surface area (Å²) in [6, 6.07) is 11.9. The van der Waals surface area contributed by atoms with Crippen LogP contribution in [0.5, 0.6) is 5.75 Å². The summed E-state index contributed by atoms with van der Waals surface area (Å²) >= 11 is 0. The van der Waals surface area contributed by atoms with Gasteiger partial charge < -0.3 is 24.5 Å². The van der Waals surface area contributed by atoms with E-state index in [0.717, 1.165) is 12.8 Å². The number of carbonyl (C=O) groups excluding carboxylic acids is 1. The molecule has 5 rings (SSSR count). The number of amides is 1. The maximum Gasteiger partial charge on any atom is 0.406 e. The fourth-order valence-corrected chi connectivity index (χ4v) is 4.94. The summed E-state index contributed by atoms with van der Waals surface area (Å²) in [7, 11) is 3.22. The Morgan fingerprint density at radius 1 is 1.22 bits per heavy atom. The van der Waals surface area contributed by atoms with Gasteiger partial charge in [-0.15, -0.1) is 12.4 Å². The molecule has 1 amide bonds. The first-order valence-corrected chi connectivity index (χ1v) is 11.4. The van der Waals surface area contributed by atoms with Crippen LogP contribution in [0.25, 0.3) is 33.5 Å². The number of piperidine rings is 1. The molecule has 0 spiro atoms. The molecule has 1 aliphatic heterocycles. The van der Waals surface area contributed by atoms with E-state index in [9.17, 15) is 18.0 Å². The maximum atomic E-state index is 13.5. The van der Waals surface area contributed by atoms with E-state index in [4.69, 9.17) is 10.5 Å². The highest BCUT2D eigenvalue weighted by Crippen LogP contribution is 2.35. The molecule has 7 nitrogen and oxygen atoms in total. The van der Waals surface area contributed by atoms with E-state index < -0.39 is 12.7 Å². The first kappa shape index (κ1) is 25.8. The van der Waals surface area contributed by atoms with Gasteiger partial charge in [-0.05, 0) is 37.1 Å². The molecule has 0 radical (unpaired) electrons. The lowest BCUT2D eigenvalue weighted by atomic mass is 10.0. The molecule has 1 fully saturated rings. The Morgan fingerprint density at radius 2 is 1.97 bits per heavy atom. The number of nitrogens with two attached hydrogens (primary N) is 1. The number of fused-ring (bicyclic) bond motifs is 2. The highest BCUT2D eigenvalue weighted by Gasteiger charge is 2.31. The van der Waals surface area contributed by atoms with E-state index in [-0.39, 0.29) is 24.4 Å². The van der Waals surface area contributed by atoms with E-state index in [2.05, 4.69) is 4.98 Å². The lowest BCUT2D eigenvalue weighted by Crippen LogP contribution is -2.45. The summed E-state index contributed by atoms with van der Waals surface area (Å²) in [4.78, 5) is 19.6. The quantitative estimate of drug-likeness (QED) is 0.420. The molecule has 2 aromatic carbocycles. The van der Waals surface area contributed by atoms with Crippen LogP contribution in [0.15, 0.2) is 42.5 Å². The Kier molecular flexibility index (Phi) is 6.94. The van der Waals surface area contributed by atoms with Crippen LogP contribution < -0.4 is 10.5 Å². The Morgan fingerprint density at radius 3 is 2.67 bits per heavy atom. The molecule has 0 bridgehead atoms. The van der Waals surface area contributed by atoms with Crippen molar-refractivity contribution in [2.24, 2.45) is 12.8 Å². The minimum atomic E-state index is -4.41. The number of aromatic nitrogens is 3. The Balaban J connectivity index is 0.00000304. The van der Waals surface area contributed by atoms with Crippen LogP contribution in [0.4, 0.5) is 13.2 Å². The molecule has 36 heavy (non-hydrogen) atoms. The SMILES string of the molecule is COc1cc(C(=O)N2CCC[C@@H](N)C2)cc2nc(-c3cc4ccccc4n3CC(F)(F)F)n(C)c12.Cl. The number of para-hydroxylation sites is 1. The number of alkyl halides is 3. The number of likely N-dealkylation sites (tertiary alicyclic amines) is 1. The van der Waals surface area contributed by atoms with Gasteiger partial charge in [0.1, 0.15) is 17.8 Å². The minimum absolute atomic E-state index is 0. The van der Waals surface area contributed by atoms with Gasteiger partial charge in [0.05, 0.1) is 18.3 Å². The number of aryl methyl sites for hydroxylation is 1. The van der Waals surface area contributed by atoms with E-state index in [1.165, 1.54) is 11.7 Å². The number of rotatable bonds is 4. The number of carbonyl (C=O) groups is 1. The van der Waals surface area contributed by atoms with Gasteiger partial charge in [0.25, 0.3) is 5.91 Å². The lowest BCUT2D eigenvalue weighted by molar-refractivity contribution is -0.139. The zero-order valence-corrected chi connectivity index (χ0v) is 20.7. The fraction of sp³-hybridized carbons (Fsp3) is 0.360. The predicted molar refractivity (Wildman–Crippen MR) is 135 cm³/mol. The maximum absolute atomic E-state index is 13.5. The molecule has 1 atom stereocenters. The third kappa shape index (κ3) is 4.62. The molecule has 11 heteroatoms. The number of halogens is 4. The fourth-order valence-electron chi connectivity index (χ4n) is 4.94. The smallest absolute Gasteiger partial charge is 0.406 e. The summed E-state index contributed by atoms with van der Waals surface area (Å²) in [6.45, 7) is -0.0444. The van der Waals surface area contributed by atoms with E-state index in [1.54, 1.807) is 59.0 Å². The second-order valence-corrected chi connectivity index (χ2v) is 8.98. The van der Waals surface area contributed by atoms with Crippen molar-refractivity contribution in [3.63, 3.8) is 0 Å². The number of ether oxygens (including phenoxy) is 1. The number of hydrogen-bond donors (Lipinski definition) is 1. The average molecular weight is 522 g/mol. The van der Waals surface area contributed by atoms with Crippen LogP contribution in [-0.2, 0) is 13.6 Å². The molecule has 1 saturated heterocycles. The monoisotopic (exact) mass is 521 g/mol. The molecule has 192 valence electrons. The van der Waals surface area contributed by atoms with Gasteiger partial charge in [0.2, 0.25) is 0 Å². The number of hydrogen-bond acceptors (Lipinski definition) is 4. The minimum Gasteiger partial charge on any atom is -0.494 e. The normalized spacial score (nSPS) is 16.4. The van der Waals surface area contributed by atoms with Gasteiger partial charge >= 0.3 is 6.18 Å². The van der Waals surface area contributed by atoms with Gasteiger partial charge in [0.15, 0.2) is 5.82 Å². The molecule has 2 aromatic heterocycles. The number of nitrogens with zero attached hydrogens (tertiary/aromatic N) is 4. The molecule has 1 aliphatic rings. The van der Waals surface area contributed by atoms with Gasteiger partial charge in [-0.2, -0.15) is 13.2 Å². The van der Waals surface area contributed by atoms with Crippen molar-refractivity contribution in [2.45, 2.75) is 31.6 Å². The zero-order chi connectivity index (χ0) is 24.9. The van der Waals surface area contributed by atoms with Crippen LogP contribution in [0.1, 0.15) is 23.2 Å². The van der Waals surface area contributed by atoms with Crippen LogP contribution >= 0.6 is 12.4 Å². The second-order valence-electron chi connectivity index (χ2n) is 8.98. The molecule has 4 aromatic rings. The number of imidazole rings is 1. The van der Waals surface area contributed by atoms with E-state index >= 15 is 0 Å². The number of methoxy groups -OCH3 is 1. The molecule has 2 N–H and O–H groups in total. The van der Waals surface area contributed by atoms with Crippen molar-refractivity contribution in [3.8, 4) is 17.3 Å². The van der Waals surface area contributed by atoms with Gasteiger partial charge in [-0.3, -0.25) is 4.79 Å². The summed E-state index contributed by atoms with van der Waals surface area (Å²) < 4.78 is 49.0. The Labute approximate surface area is 212 Å². The zero-order valence-electron chi connectivity index (χ0n) is 19.9. The van der Waals surface area contributed by atoms with Crippen LogP contribution in [0.3, 0.4) is 0 Å². The first-order chi connectivity index (χ1) is 16.7. The predicted octanol–water partition coefficient (Wildman–Crippen LogP) is 4.75. The highest BCUT2D eigenvalue weighted by molar-refractivity contribution is 6.00. The van der Waals surface area contributed by atoms with Crippen LogP contribution in [-0.4, -0.2) is 57.3 Å². The molecule has 3 heterocycles. The third-order valence-corrected chi connectivity index (χ3v) is 6.52. The van der Waals surface area contributed by atoms with E-state index in [1.807, 2.05) is 0 Å². The first-order valence-electron chi connectivity index (χ1n) is 11.4. The van der Waals surface area contributed by atoms with E-state index in [0.29, 0.717) is 57.9 Å². The molecular formula is C25H27ClF3N5O2. The van der Waals surface area contributed by atoms with Crippen molar-refractivity contribution in [1.29, 1.82) is 0 Å². The Bertz CT molecular complexity index is 1430. The van der Waals surface area contributed by atoms with Crippen molar-refractivity contribution >= 4 is 40.3 Å². The van der Waals surface area contributed by atoms with Gasteiger partial charge in [-0.1, -0.05) is 18.2 Å². The highest BCUT2D eigenvalue weighted by atomic mass is 35.5. The average Bonchev–Trinajstić information content (AvgIpc) is 3.34. The van der Waals surface area contributed by atoms with Crippen molar-refractivity contribution in [1.82, 2.24) is 19.0 Å². The number of benzene rings is 2. The molecular weight excluding hydrogens is 495 g/mol. The summed E-state index contributed by atoms with van der Waals surface area (Å²) in [5, 5.41) is 0.683. The third-order valence-electron chi connectivity index (χ3n) is 6.52. The summed E-state index contributed by atoms with van der Waals surface area (Å²) in [5.74, 6) is 0.606. The molecule has 0 unspecified atom stereocenters.